The minimum absolute atomic E-state index is 0.179. The van der Waals surface area contributed by atoms with Crippen molar-refractivity contribution in [3.05, 3.63) is 89.2 Å². The summed E-state index contributed by atoms with van der Waals surface area (Å²) in [6.45, 7) is 2.60. The number of hydrogen-bond donors (Lipinski definition) is 4. The molecule has 1 aromatic heterocycles. The van der Waals surface area contributed by atoms with Gasteiger partial charge in [0.2, 0.25) is 0 Å². The molecular weight excluding hydrogens is 460 g/mol. The Morgan fingerprint density at radius 1 is 1.06 bits per heavy atom. The Labute approximate surface area is 209 Å². The molecule has 0 bridgehead atoms. The number of carboxylic acid groups (broad SMARTS) is 2. The molecule has 0 radical (unpaired) electrons. The first-order valence-corrected chi connectivity index (χ1v) is 11.5. The molecule has 1 atom stereocenters. The maximum absolute atomic E-state index is 11.8. The molecule has 6 N–H and O–H groups in total. The summed E-state index contributed by atoms with van der Waals surface area (Å²) in [6.07, 6.45) is 1.54. The van der Waals surface area contributed by atoms with E-state index in [-0.39, 0.29) is 12.9 Å². The summed E-state index contributed by atoms with van der Waals surface area (Å²) in [6, 6.07) is 19.6. The van der Waals surface area contributed by atoms with Crippen LogP contribution in [0.2, 0.25) is 0 Å². The first-order valence-electron chi connectivity index (χ1n) is 11.5. The Morgan fingerprint density at radius 2 is 1.78 bits per heavy atom. The third-order valence-corrected chi connectivity index (χ3v) is 5.80. The molecule has 0 saturated carbocycles. The molecule has 0 aliphatic heterocycles. The highest BCUT2D eigenvalue weighted by molar-refractivity contribution is 5.93. The van der Waals surface area contributed by atoms with E-state index in [0.29, 0.717) is 18.8 Å². The SMILES string of the molecule is CCc1ccc(CN)cc1OC(CC(=O)O)c1cc(-c2cccc(CN)c2)c2occc2c1.O=CO. The van der Waals surface area contributed by atoms with Gasteiger partial charge >= 0.3 is 5.97 Å². The average molecular weight is 491 g/mol. The predicted octanol–water partition coefficient (Wildman–Crippen LogP) is 4.88. The van der Waals surface area contributed by atoms with Crippen LogP contribution < -0.4 is 16.2 Å². The molecule has 8 heteroatoms. The zero-order valence-corrected chi connectivity index (χ0v) is 20.0. The molecule has 0 spiro atoms. The van der Waals surface area contributed by atoms with Crippen molar-refractivity contribution in [3.63, 3.8) is 0 Å². The molecule has 188 valence electrons. The fourth-order valence-corrected chi connectivity index (χ4v) is 4.04. The van der Waals surface area contributed by atoms with Gasteiger partial charge in [0.25, 0.3) is 6.47 Å². The lowest BCUT2D eigenvalue weighted by atomic mass is 9.95. The predicted molar refractivity (Wildman–Crippen MR) is 138 cm³/mol. The van der Waals surface area contributed by atoms with Gasteiger partial charge in [0.15, 0.2) is 0 Å². The Kier molecular flexibility index (Phi) is 9.21. The average Bonchev–Trinajstić information content (AvgIpc) is 3.36. The molecule has 0 saturated heterocycles. The Balaban J connectivity index is 0.00000115. The van der Waals surface area contributed by atoms with E-state index in [1.807, 2.05) is 67.6 Å². The standard InChI is InChI=1S/C27H28N2O4.CH2O2/c1-2-19-7-6-18(16-29)11-24(19)33-25(14-26(30)31)22-12-21-8-9-32-27(21)23(13-22)20-5-3-4-17(10-20)15-28;2-1-3/h3-13,25H,2,14-16,28-29H2,1H3,(H,30,31);1H,(H,2,3). The van der Waals surface area contributed by atoms with Crippen LogP contribution in [0.5, 0.6) is 5.75 Å². The van der Waals surface area contributed by atoms with Crippen LogP contribution in [0.25, 0.3) is 22.1 Å². The van der Waals surface area contributed by atoms with Gasteiger partial charge in [-0.05, 0) is 64.6 Å². The van der Waals surface area contributed by atoms with Crippen molar-refractivity contribution in [1.82, 2.24) is 0 Å². The van der Waals surface area contributed by atoms with Gasteiger partial charge in [-0.15, -0.1) is 0 Å². The quantitative estimate of drug-likeness (QED) is 0.243. The first kappa shape index (κ1) is 26.5. The third-order valence-electron chi connectivity index (χ3n) is 5.80. The van der Waals surface area contributed by atoms with E-state index >= 15 is 0 Å². The van der Waals surface area contributed by atoms with Gasteiger partial charge in [-0.25, -0.2) is 0 Å². The fraction of sp³-hybridized carbons (Fsp3) is 0.214. The number of carbonyl (C=O) groups is 2. The summed E-state index contributed by atoms with van der Waals surface area (Å²) < 4.78 is 12.1. The van der Waals surface area contributed by atoms with E-state index in [4.69, 9.17) is 30.5 Å². The molecule has 36 heavy (non-hydrogen) atoms. The van der Waals surface area contributed by atoms with E-state index in [2.05, 4.69) is 0 Å². The van der Waals surface area contributed by atoms with Crippen LogP contribution in [-0.4, -0.2) is 22.7 Å². The minimum atomic E-state index is -0.938. The van der Waals surface area contributed by atoms with Gasteiger partial charge < -0.3 is 30.8 Å². The molecule has 0 fully saturated rings. The van der Waals surface area contributed by atoms with Gasteiger partial charge in [0.1, 0.15) is 17.4 Å². The molecule has 1 unspecified atom stereocenters. The molecule has 3 aromatic carbocycles. The van der Waals surface area contributed by atoms with Crippen LogP contribution in [0.3, 0.4) is 0 Å². The summed E-state index contributed by atoms with van der Waals surface area (Å²) in [5.74, 6) is -0.280. The first-order chi connectivity index (χ1) is 17.4. The molecule has 0 aliphatic carbocycles. The number of benzene rings is 3. The van der Waals surface area contributed by atoms with E-state index < -0.39 is 12.1 Å². The molecule has 4 rings (SSSR count). The maximum Gasteiger partial charge on any atom is 0.307 e. The Morgan fingerprint density at radius 3 is 2.44 bits per heavy atom. The largest absolute Gasteiger partial charge is 0.485 e. The topological polar surface area (TPSA) is 149 Å². The van der Waals surface area contributed by atoms with Crippen molar-refractivity contribution in [2.75, 3.05) is 0 Å². The summed E-state index contributed by atoms with van der Waals surface area (Å²) >= 11 is 0. The number of carboxylic acids is 1. The van der Waals surface area contributed by atoms with Gasteiger partial charge in [0.05, 0.1) is 12.7 Å². The van der Waals surface area contributed by atoms with Crippen LogP contribution in [0.1, 0.15) is 41.7 Å². The summed E-state index contributed by atoms with van der Waals surface area (Å²) in [5, 5.41) is 17.4. The zero-order valence-electron chi connectivity index (χ0n) is 20.0. The van der Waals surface area contributed by atoms with Gasteiger partial charge in [-0.3, -0.25) is 9.59 Å². The van der Waals surface area contributed by atoms with Gasteiger partial charge in [0, 0.05) is 24.0 Å². The maximum atomic E-state index is 11.8. The lowest BCUT2D eigenvalue weighted by molar-refractivity contribution is -0.139. The minimum Gasteiger partial charge on any atom is -0.485 e. The van der Waals surface area contributed by atoms with E-state index in [1.54, 1.807) is 6.26 Å². The summed E-state index contributed by atoms with van der Waals surface area (Å²) in [4.78, 5) is 20.1. The summed E-state index contributed by atoms with van der Waals surface area (Å²) in [5.41, 5.74) is 17.9. The lowest BCUT2D eigenvalue weighted by Gasteiger charge is -2.21. The van der Waals surface area contributed by atoms with Crippen LogP contribution in [0.4, 0.5) is 0 Å². The Hall–Kier alpha value is -4.14. The number of aryl methyl sites for hydroxylation is 1. The van der Waals surface area contributed by atoms with Crippen molar-refractivity contribution >= 4 is 23.4 Å². The molecule has 4 aromatic rings. The molecule has 0 amide bonds. The molecule has 0 aliphatic rings. The molecular formula is C28H30N2O6. The smallest absolute Gasteiger partial charge is 0.307 e. The van der Waals surface area contributed by atoms with Crippen molar-refractivity contribution in [3.8, 4) is 16.9 Å². The number of rotatable bonds is 9. The van der Waals surface area contributed by atoms with Crippen LogP contribution in [0, 0.1) is 0 Å². The van der Waals surface area contributed by atoms with Crippen LogP contribution in [-0.2, 0) is 29.1 Å². The third kappa shape index (κ3) is 6.29. The highest BCUT2D eigenvalue weighted by Gasteiger charge is 2.22. The van der Waals surface area contributed by atoms with Gasteiger partial charge in [-0.1, -0.05) is 37.3 Å². The van der Waals surface area contributed by atoms with Crippen molar-refractivity contribution < 1.29 is 29.0 Å². The molecule has 8 nitrogen and oxygen atoms in total. The zero-order chi connectivity index (χ0) is 26.1. The van der Waals surface area contributed by atoms with Crippen LogP contribution in [0.15, 0.2) is 71.3 Å². The number of ether oxygens (including phenoxy) is 1. The van der Waals surface area contributed by atoms with Crippen molar-refractivity contribution in [2.45, 2.75) is 39.0 Å². The molecule has 1 heterocycles. The van der Waals surface area contributed by atoms with E-state index in [1.165, 1.54) is 0 Å². The fourth-order valence-electron chi connectivity index (χ4n) is 4.04. The highest BCUT2D eigenvalue weighted by Crippen LogP contribution is 2.36. The number of fused-ring (bicyclic) bond motifs is 1. The highest BCUT2D eigenvalue weighted by atomic mass is 16.5. The number of furan rings is 1. The summed E-state index contributed by atoms with van der Waals surface area (Å²) in [7, 11) is 0. The second-order valence-corrected chi connectivity index (χ2v) is 8.12. The number of hydrogen-bond acceptors (Lipinski definition) is 6. The van der Waals surface area contributed by atoms with Crippen molar-refractivity contribution in [2.24, 2.45) is 11.5 Å². The normalized spacial score (nSPS) is 11.4. The Bertz CT molecular complexity index is 1330. The van der Waals surface area contributed by atoms with E-state index in [9.17, 15) is 9.90 Å². The van der Waals surface area contributed by atoms with Crippen LogP contribution >= 0.6 is 0 Å². The second-order valence-electron chi connectivity index (χ2n) is 8.12. The monoisotopic (exact) mass is 490 g/mol. The number of aliphatic carboxylic acids is 1. The lowest BCUT2D eigenvalue weighted by Crippen LogP contribution is -2.14. The van der Waals surface area contributed by atoms with Crippen molar-refractivity contribution in [1.29, 1.82) is 0 Å². The number of nitrogens with two attached hydrogens (primary N) is 2. The second kappa shape index (κ2) is 12.5. The van der Waals surface area contributed by atoms with E-state index in [0.717, 1.165) is 50.8 Å². The van der Waals surface area contributed by atoms with Gasteiger partial charge in [-0.2, -0.15) is 0 Å².